The Balaban J connectivity index is 3.19. The Kier molecular flexibility index (Phi) is 2.96. The van der Waals surface area contributed by atoms with E-state index in [0.29, 0.717) is 0 Å². The van der Waals surface area contributed by atoms with Crippen LogP contribution in [0, 0.1) is 5.82 Å². The summed E-state index contributed by atoms with van der Waals surface area (Å²) in [6, 6.07) is 2.19. The second kappa shape index (κ2) is 3.84. The van der Waals surface area contributed by atoms with Crippen LogP contribution in [0.1, 0.15) is 18.4 Å². The summed E-state index contributed by atoms with van der Waals surface area (Å²) in [6.45, 7) is 1.41. The van der Waals surface area contributed by atoms with Gasteiger partial charge in [0.25, 0.3) is 0 Å². The SMILES string of the molecule is CC(C(=O)O)c1cc(F)c(O)c(Cl)c1. The molecule has 1 atom stereocenters. The fourth-order valence-electron chi connectivity index (χ4n) is 0.978. The van der Waals surface area contributed by atoms with Gasteiger partial charge in [-0.15, -0.1) is 0 Å². The first-order valence-corrected chi connectivity index (χ1v) is 4.22. The molecule has 1 unspecified atom stereocenters. The molecule has 3 nitrogen and oxygen atoms in total. The maximum absolute atomic E-state index is 12.9. The van der Waals surface area contributed by atoms with Crippen molar-refractivity contribution < 1.29 is 19.4 Å². The van der Waals surface area contributed by atoms with Gasteiger partial charge in [-0.1, -0.05) is 11.6 Å². The van der Waals surface area contributed by atoms with E-state index in [0.717, 1.165) is 6.07 Å². The maximum atomic E-state index is 12.9. The second-order valence-corrected chi connectivity index (χ2v) is 3.30. The fraction of sp³-hybridized carbons (Fsp3) is 0.222. The molecule has 1 aromatic rings. The number of rotatable bonds is 2. The maximum Gasteiger partial charge on any atom is 0.310 e. The number of halogens is 2. The van der Waals surface area contributed by atoms with Crippen molar-refractivity contribution in [3.63, 3.8) is 0 Å². The van der Waals surface area contributed by atoms with Crippen molar-refractivity contribution in [3.05, 3.63) is 28.5 Å². The van der Waals surface area contributed by atoms with Gasteiger partial charge in [-0.2, -0.15) is 0 Å². The number of phenols is 1. The van der Waals surface area contributed by atoms with Crippen LogP contribution < -0.4 is 0 Å². The van der Waals surface area contributed by atoms with Crippen LogP contribution in [-0.2, 0) is 4.79 Å². The number of benzene rings is 1. The lowest BCUT2D eigenvalue weighted by molar-refractivity contribution is -0.138. The molecule has 0 saturated heterocycles. The zero-order valence-corrected chi connectivity index (χ0v) is 8.05. The first-order chi connectivity index (χ1) is 6.43. The topological polar surface area (TPSA) is 57.5 Å². The predicted molar refractivity (Wildman–Crippen MR) is 49.1 cm³/mol. The Morgan fingerprint density at radius 3 is 2.57 bits per heavy atom. The summed E-state index contributed by atoms with van der Waals surface area (Å²) in [6.07, 6.45) is 0. The number of hydrogen-bond acceptors (Lipinski definition) is 2. The number of hydrogen-bond donors (Lipinski definition) is 2. The molecule has 0 spiro atoms. The Labute approximate surface area is 84.7 Å². The van der Waals surface area contributed by atoms with Gasteiger partial charge in [0, 0.05) is 0 Å². The van der Waals surface area contributed by atoms with E-state index in [-0.39, 0.29) is 10.6 Å². The summed E-state index contributed by atoms with van der Waals surface area (Å²) in [5.74, 6) is -3.51. The van der Waals surface area contributed by atoms with Crippen LogP contribution in [-0.4, -0.2) is 16.2 Å². The molecule has 2 N–H and O–H groups in total. The number of carboxylic acid groups (broad SMARTS) is 1. The normalized spacial score (nSPS) is 12.5. The summed E-state index contributed by atoms with van der Waals surface area (Å²) >= 11 is 5.48. The number of carboxylic acids is 1. The highest BCUT2D eigenvalue weighted by Crippen LogP contribution is 2.30. The number of aliphatic carboxylic acids is 1. The monoisotopic (exact) mass is 218 g/mol. The Morgan fingerprint density at radius 1 is 1.57 bits per heavy atom. The van der Waals surface area contributed by atoms with E-state index in [1.165, 1.54) is 13.0 Å². The van der Waals surface area contributed by atoms with Gasteiger partial charge in [-0.05, 0) is 24.6 Å². The molecule has 0 saturated carbocycles. The van der Waals surface area contributed by atoms with Crippen molar-refractivity contribution in [1.29, 1.82) is 0 Å². The quantitative estimate of drug-likeness (QED) is 0.801. The van der Waals surface area contributed by atoms with Gasteiger partial charge in [0.1, 0.15) is 0 Å². The van der Waals surface area contributed by atoms with E-state index in [2.05, 4.69) is 0 Å². The molecule has 0 radical (unpaired) electrons. The molecule has 0 bridgehead atoms. The van der Waals surface area contributed by atoms with Crippen molar-refractivity contribution in [2.75, 3.05) is 0 Å². The fourth-order valence-corrected chi connectivity index (χ4v) is 1.19. The third-order valence-corrected chi connectivity index (χ3v) is 2.20. The minimum atomic E-state index is -1.08. The smallest absolute Gasteiger partial charge is 0.310 e. The Hall–Kier alpha value is -1.29. The van der Waals surface area contributed by atoms with E-state index in [1.807, 2.05) is 0 Å². The first kappa shape index (κ1) is 10.8. The highest BCUT2D eigenvalue weighted by Gasteiger charge is 2.17. The summed E-state index contributed by atoms with van der Waals surface area (Å²) < 4.78 is 12.9. The van der Waals surface area contributed by atoms with Gasteiger partial charge >= 0.3 is 5.97 Å². The molecule has 76 valence electrons. The lowest BCUT2D eigenvalue weighted by atomic mass is 10.0. The second-order valence-electron chi connectivity index (χ2n) is 2.89. The van der Waals surface area contributed by atoms with Gasteiger partial charge < -0.3 is 10.2 Å². The molecule has 1 aromatic carbocycles. The van der Waals surface area contributed by atoms with Gasteiger partial charge in [0.15, 0.2) is 11.6 Å². The molecule has 0 heterocycles. The molecule has 0 aromatic heterocycles. The average Bonchev–Trinajstić information content (AvgIpc) is 2.12. The predicted octanol–water partition coefficient (Wildman–Crippen LogP) is 2.37. The van der Waals surface area contributed by atoms with Gasteiger partial charge in [-0.3, -0.25) is 4.79 Å². The largest absolute Gasteiger partial charge is 0.504 e. The average molecular weight is 219 g/mol. The van der Waals surface area contributed by atoms with Crippen LogP contribution in [0.2, 0.25) is 5.02 Å². The van der Waals surface area contributed by atoms with Gasteiger partial charge in [0.2, 0.25) is 0 Å². The van der Waals surface area contributed by atoms with Crippen LogP contribution in [0.25, 0.3) is 0 Å². The molecule has 0 aliphatic heterocycles. The third kappa shape index (κ3) is 1.96. The number of aromatic hydroxyl groups is 1. The van der Waals surface area contributed by atoms with Crippen LogP contribution in [0.3, 0.4) is 0 Å². The molecular formula is C9H8ClFO3. The van der Waals surface area contributed by atoms with E-state index in [1.54, 1.807) is 0 Å². The van der Waals surface area contributed by atoms with Crippen LogP contribution in [0.15, 0.2) is 12.1 Å². The van der Waals surface area contributed by atoms with E-state index >= 15 is 0 Å². The van der Waals surface area contributed by atoms with Crippen molar-refractivity contribution >= 4 is 17.6 Å². The number of phenolic OH excluding ortho intramolecular Hbond substituents is 1. The van der Waals surface area contributed by atoms with Crippen LogP contribution in [0.4, 0.5) is 4.39 Å². The van der Waals surface area contributed by atoms with Gasteiger partial charge in [-0.25, -0.2) is 4.39 Å². The standard InChI is InChI=1S/C9H8ClFO3/c1-4(9(13)14)5-2-6(10)8(12)7(11)3-5/h2-4,12H,1H3,(H,13,14). The minimum Gasteiger partial charge on any atom is -0.504 e. The van der Waals surface area contributed by atoms with Gasteiger partial charge in [0.05, 0.1) is 10.9 Å². The molecular weight excluding hydrogens is 211 g/mol. The lowest BCUT2D eigenvalue weighted by Gasteiger charge is -2.08. The van der Waals surface area contributed by atoms with E-state index < -0.39 is 23.5 Å². The molecule has 5 heteroatoms. The zero-order valence-electron chi connectivity index (χ0n) is 7.29. The van der Waals surface area contributed by atoms with Crippen LogP contribution >= 0.6 is 11.6 Å². The van der Waals surface area contributed by atoms with Crippen molar-refractivity contribution in [2.45, 2.75) is 12.8 Å². The summed E-state index contributed by atoms with van der Waals surface area (Å²) in [7, 11) is 0. The highest BCUT2D eigenvalue weighted by molar-refractivity contribution is 6.32. The van der Waals surface area contributed by atoms with E-state index in [4.69, 9.17) is 21.8 Å². The third-order valence-electron chi connectivity index (χ3n) is 1.91. The lowest BCUT2D eigenvalue weighted by Crippen LogP contribution is -2.07. The van der Waals surface area contributed by atoms with Crippen LogP contribution in [0.5, 0.6) is 5.75 Å². The summed E-state index contributed by atoms with van der Waals surface area (Å²) in [5, 5.41) is 17.5. The molecule has 1 rings (SSSR count). The first-order valence-electron chi connectivity index (χ1n) is 3.84. The minimum absolute atomic E-state index is 0.187. The van der Waals surface area contributed by atoms with E-state index in [9.17, 15) is 9.18 Å². The van der Waals surface area contributed by atoms with Crippen molar-refractivity contribution in [2.24, 2.45) is 0 Å². The molecule has 0 amide bonds. The number of carbonyl (C=O) groups is 1. The Bertz CT molecular complexity index is 355. The van der Waals surface area contributed by atoms with Crippen molar-refractivity contribution in [3.8, 4) is 5.75 Å². The molecule has 0 aliphatic carbocycles. The Morgan fingerprint density at radius 2 is 2.14 bits per heavy atom. The molecule has 0 aliphatic rings. The molecule has 14 heavy (non-hydrogen) atoms. The summed E-state index contributed by atoms with van der Waals surface area (Å²) in [5.41, 5.74) is 0.220. The summed E-state index contributed by atoms with van der Waals surface area (Å²) in [4.78, 5) is 10.6. The zero-order chi connectivity index (χ0) is 10.9. The highest BCUT2D eigenvalue weighted by atomic mass is 35.5. The molecule has 0 fully saturated rings. The van der Waals surface area contributed by atoms with Crippen molar-refractivity contribution in [1.82, 2.24) is 0 Å².